The standard InChI is InChI=1S/C14H19ClOS/c15-12-14(6-9-16-10-7-14)8-11-17-13-4-2-1-3-5-13/h1-5H,6-12H2. The van der Waals surface area contributed by atoms with E-state index >= 15 is 0 Å². The molecule has 17 heavy (non-hydrogen) atoms. The van der Waals surface area contributed by atoms with Crippen molar-refractivity contribution in [2.75, 3.05) is 24.8 Å². The molecule has 1 aromatic rings. The second-order valence-electron chi connectivity index (χ2n) is 4.66. The molecule has 0 unspecified atom stereocenters. The highest BCUT2D eigenvalue weighted by molar-refractivity contribution is 7.99. The fourth-order valence-electron chi connectivity index (χ4n) is 2.16. The molecular weight excluding hydrogens is 252 g/mol. The Morgan fingerprint density at radius 2 is 1.88 bits per heavy atom. The molecule has 0 aromatic heterocycles. The van der Waals surface area contributed by atoms with Crippen molar-refractivity contribution in [3.8, 4) is 0 Å². The molecule has 1 aliphatic rings. The van der Waals surface area contributed by atoms with Gasteiger partial charge in [-0.1, -0.05) is 18.2 Å². The first-order valence-corrected chi connectivity index (χ1v) is 7.68. The molecule has 1 saturated heterocycles. The Hall–Kier alpha value is -0.180. The Bertz CT molecular complexity index is 322. The van der Waals surface area contributed by atoms with Crippen molar-refractivity contribution in [2.24, 2.45) is 5.41 Å². The third kappa shape index (κ3) is 3.90. The monoisotopic (exact) mass is 270 g/mol. The highest BCUT2D eigenvalue weighted by Crippen LogP contribution is 2.37. The molecule has 1 fully saturated rings. The molecule has 2 rings (SSSR count). The van der Waals surface area contributed by atoms with E-state index in [-0.39, 0.29) is 0 Å². The van der Waals surface area contributed by atoms with Crippen LogP contribution in [0, 0.1) is 5.41 Å². The van der Waals surface area contributed by atoms with Gasteiger partial charge in [0, 0.05) is 24.0 Å². The topological polar surface area (TPSA) is 9.23 Å². The zero-order chi connectivity index (χ0) is 12.0. The minimum absolute atomic E-state index is 0.321. The summed E-state index contributed by atoms with van der Waals surface area (Å²) in [4.78, 5) is 1.35. The van der Waals surface area contributed by atoms with E-state index in [1.807, 2.05) is 11.8 Å². The Morgan fingerprint density at radius 3 is 2.53 bits per heavy atom. The number of halogens is 1. The van der Waals surface area contributed by atoms with Crippen LogP contribution in [0.1, 0.15) is 19.3 Å². The zero-order valence-electron chi connectivity index (χ0n) is 10.0. The number of ether oxygens (including phenoxy) is 1. The first-order valence-electron chi connectivity index (χ1n) is 6.16. The molecule has 0 atom stereocenters. The molecule has 0 spiro atoms. The molecule has 0 amide bonds. The molecule has 1 aromatic carbocycles. The van der Waals surface area contributed by atoms with Crippen LogP contribution in [-0.2, 0) is 4.74 Å². The van der Waals surface area contributed by atoms with E-state index in [1.165, 1.54) is 11.3 Å². The van der Waals surface area contributed by atoms with Crippen LogP contribution >= 0.6 is 23.4 Å². The van der Waals surface area contributed by atoms with E-state index in [4.69, 9.17) is 16.3 Å². The Kier molecular flexibility index (Phi) is 5.20. The zero-order valence-corrected chi connectivity index (χ0v) is 11.6. The van der Waals surface area contributed by atoms with E-state index in [0.29, 0.717) is 5.41 Å². The van der Waals surface area contributed by atoms with E-state index in [1.54, 1.807) is 0 Å². The first kappa shape index (κ1) is 13.3. The van der Waals surface area contributed by atoms with E-state index < -0.39 is 0 Å². The number of hydrogen-bond acceptors (Lipinski definition) is 2. The van der Waals surface area contributed by atoms with Crippen LogP contribution in [0.15, 0.2) is 35.2 Å². The maximum atomic E-state index is 6.15. The highest BCUT2D eigenvalue weighted by Gasteiger charge is 2.31. The van der Waals surface area contributed by atoms with Crippen molar-refractivity contribution in [2.45, 2.75) is 24.2 Å². The van der Waals surface area contributed by atoms with E-state index in [9.17, 15) is 0 Å². The second-order valence-corrected chi connectivity index (χ2v) is 6.09. The van der Waals surface area contributed by atoms with Gasteiger partial charge >= 0.3 is 0 Å². The molecule has 0 bridgehead atoms. The van der Waals surface area contributed by atoms with E-state index in [2.05, 4.69) is 30.3 Å². The third-order valence-corrected chi connectivity index (χ3v) is 5.06. The van der Waals surface area contributed by atoms with Crippen molar-refractivity contribution in [1.82, 2.24) is 0 Å². The van der Waals surface area contributed by atoms with Crippen LogP contribution in [0.25, 0.3) is 0 Å². The fraction of sp³-hybridized carbons (Fsp3) is 0.571. The summed E-state index contributed by atoms with van der Waals surface area (Å²) in [7, 11) is 0. The van der Waals surface area contributed by atoms with Crippen molar-refractivity contribution in [3.05, 3.63) is 30.3 Å². The maximum Gasteiger partial charge on any atom is 0.0471 e. The van der Waals surface area contributed by atoms with Crippen LogP contribution < -0.4 is 0 Å². The van der Waals surface area contributed by atoms with Crippen molar-refractivity contribution in [1.29, 1.82) is 0 Å². The second kappa shape index (κ2) is 6.67. The Balaban J connectivity index is 1.80. The molecule has 0 N–H and O–H groups in total. The van der Waals surface area contributed by atoms with Crippen molar-refractivity contribution < 1.29 is 4.74 Å². The van der Waals surface area contributed by atoms with Gasteiger partial charge in [0.15, 0.2) is 0 Å². The van der Waals surface area contributed by atoms with Gasteiger partial charge in [0.2, 0.25) is 0 Å². The maximum absolute atomic E-state index is 6.15. The van der Waals surface area contributed by atoms with Crippen LogP contribution in [-0.4, -0.2) is 24.8 Å². The normalized spacial score (nSPS) is 19.1. The van der Waals surface area contributed by atoms with Crippen molar-refractivity contribution >= 4 is 23.4 Å². The van der Waals surface area contributed by atoms with E-state index in [0.717, 1.165) is 37.7 Å². The van der Waals surface area contributed by atoms with Crippen LogP contribution in [0.5, 0.6) is 0 Å². The predicted molar refractivity (Wildman–Crippen MR) is 75.0 cm³/mol. The molecule has 1 heterocycles. The lowest BCUT2D eigenvalue weighted by atomic mass is 9.80. The average molecular weight is 271 g/mol. The first-order chi connectivity index (χ1) is 8.35. The molecule has 0 aliphatic carbocycles. The lowest BCUT2D eigenvalue weighted by Crippen LogP contribution is -2.31. The number of rotatable bonds is 5. The highest BCUT2D eigenvalue weighted by atomic mass is 35.5. The van der Waals surface area contributed by atoms with Gasteiger partial charge in [-0.25, -0.2) is 0 Å². The quantitative estimate of drug-likeness (QED) is 0.586. The van der Waals surface area contributed by atoms with Gasteiger partial charge in [0.1, 0.15) is 0 Å². The van der Waals surface area contributed by atoms with Gasteiger partial charge in [-0.3, -0.25) is 0 Å². The van der Waals surface area contributed by atoms with Crippen molar-refractivity contribution in [3.63, 3.8) is 0 Å². The van der Waals surface area contributed by atoms with Crippen LogP contribution in [0.4, 0.5) is 0 Å². The predicted octanol–water partition coefficient (Wildman–Crippen LogP) is 4.20. The Morgan fingerprint density at radius 1 is 1.18 bits per heavy atom. The Labute approximate surface area is 113 Å². The largest absolute Gasteiger partial charge is 0.381 e. The number of alkyl halides is 1. The van der Waals surface area contributed by atoms with Crippen LogP contribution in [0.2, 0.25) is 0 Å². The summed E-state index contributed by atoms with van der Waals surface area (Å²) in [5, 5.41) is 0. The molecule has 1 nitrogen and oxygen atoms in total. The summed E-state index contributed by atoms with van der Waals surface area (Å²) in [5.41, 5.74) is 0.321. The van der Waals surface area contributed by atoms with Gasteiger partial charge in [-0.15, -0.1) is 23.4 Å². The van der Waals surface area contributed by atoms with Gasteiger partial charge in [0.05, 0.1) is 0 Å². The van der Waals surface area contributed by atoms with Gasteiger partial charge in [-0.2, -0.15) is 0 Å². The molecule has 94 valence electrons. The summed E-state index contributed by atoms with van der Waals surface area (Å²) in [6.45, 7) is 1.76. The summed E-state index contributed by atoms with van der Waals surface area (Å²) >= 11 is 8.08. The SMILES string of the molecule is ClCC1(CCSc2ccccc2)CCOCC1. The number of hydrogen-bond donors (Lipinski definition) is 0. The van der Waals surface area contributed by atoms with Gasteiger partial charge in [-0.05, 0) is 42.6 Å². The fourth-order valence-corrected chi connectivity index (χ4v) is 3.68. The summed E-state index contributed by atoms with van der Waals surface area (Å²) in [5.74, 6) is 1.92. The smallest absolute Gasteiger partial charge is 0.0471 e. The molecule has 1 aliphatic heterocycles. The lowest BCUT2D eigenvalue weighted by Gasteiger charge is -2.35. The minimum Gasteiger partial charge on any atom is -0.381 e. The third-order valence-electron chi connectivity index (χ3n) is 3.48. The number of benzene rings is 1. The minimum atomic E-state index is 0.321. The molecule has 3 heteroatoms. The molecular formula is C14H19ClOS. The van der Waals surface area contributed by atoms with Gasteiger partial charge in [0.25, 0.3) is 0 Å². The number of thioether (sulfide) groups is 1. The van der Waals surface area contributed by atoms with Gasteiger partial charge < -0.3 is 4.74 Å². The summed E-state index contributed by atoms with van der Waals surface area (Å²) < 4.78 is 5.43. The van der Waals surface area contributed by atoms with Crippen LogP contribution in [0.3, 0.4) is 0 Å². The summed E-state index contributed by atoms with van der Waals surface area (Å²) in [6.07, 6.45) is 3.43. The molecule has 0 saturated carbocycles. The average Bonchev–Trinajstić information content (AvgIpc) is 2.41. The lowest BCUT2D eigenvalue weighted by molar-refractivity contribution is 0.0244. The molecule has 0 radical (unpaired) electrons. The summed E-state index contributed by atoms with van der Waals surface area (Å²) in [6, 6.07) is 10.6.